The minimum absolute atomic E-state index is 0.123. The first-order valence-electron chi connectivity index (χ1n) is 12.8. The zero-order valence-electron chi connectivity index (χ0n) is 21.6. The van der Waals surface area contributed by atoms with E-state index in [1.54, 1.807) is 59.9 Å². The molecule has 0 spiro atoms. The molecule has 1 aliphatic carbocycles. The number of sulfonamides is 2. The van der Waals surface area contributed by atoms with Gasteiger partial charge in [-0.15, -0.1) is 0 Å². The molecule has 0 radical (unpaired) electrons. The largest absolute Gasteiger partial charge is 0.396 e. The molecule has 1 aliphatic rings. The number of benzene rings is 2. The SMILES string of the molecule is Cc1ccc(S(=O)(=O)N(C)[C@@H]2CCCC[C@H]2N(CCCCCCO)S(=O)(=O)c2ccc(C)cc2)cc1. The van der Waals surface area contributed by atoms with Crippen LogP contribution in [-0.4, -0.2) is 62.8 Å². The number of hydrogen-bond acceptors (Lipinski definition) is 5. The maximum absolute atomic E-state index is 13.9. The molecule has 1 saturated carbocycles. The molecule has 1 fully saturated rings. The molecular weight excluding hydrogens is 496 g/mol. The summed E-state index contributed by atoms with van der Waals surface area (Å²) < 4.78 is 57.8. The van der Waals surface area contributed by atoms with E-state index in [0.717, 1.165) is 36.8 Å². The number of rotatable bonds is 12. The normalized spacial score (nSPS) is 19.2. The second-order valence-corrected chi connectivity index (χ2v) is 13.7. The van der Waals surface area contributed by atoms with E-state index in [1.807, 2.05) is 13.8 Å². The third kappa shape index (κ3) is 6.75. The Bertz CT molecular complexity index is 1180. The molecule has 1 N–H and O–H groups in total. The summed E-state index contributed by atoms with van der Waals surface area (Å²) in [4.78, 5) is 0.452. The van der Waals surface area contributed by atoms with Crippen molar-refractivity contribution in [1.29, 1.82) is 0 Å². The minimum Gasteiger partial charge on any atom is -0.396 e. The van der Waals surface area contributed by atoms with Crippen LogP contribution >= 0.6 is 0 Å². The molecule has 200 valence electrons. The van der Waals surface area contributed by atoms with E-state index in [1.165, 1.54) is 4.31 Å². The van der Waals surface area contributed by atoms with Crippen molar-refractivity contribution in [3.8, 4) is 0 Å². The van der Waals surface area contributed by atoms with E-state index in [9.17, 15) is 16.8 Å². The summed E-state index contributed by atoms with van der Waals surface area (Å²) in [5.74, 6) is 0. The van der Waals surface area contributed by atoms with Gasteiger partial charge in [-0.2, -0.15) is 8.61 Å². The van der Waals surface area contributed by atoms with Crippen molar-refractivity contribution < 1.29 is 21.9 Å². The lowest BCUT2D eigenvalue weighted by atomic mass is 9.90. The Morgan fingerprint density at radius 3 is 1.72 bits per heavy atom. The van der Waals surface area contributed by atoms with Crippen LogP contribution in [0.2, 0.25) is 0 Å². The van der Waals surface area contributed by atoms with E-state index >= 15 is 0 Å². The molecule has 0 bridgehead atoms. The number of nitrogens with zero attached hydrogens (tertiary/aromatic N) is 2. The van der Waals surface area contributed by atoms with Gasteiger partial charge in [0.1, 0.15) is 0 Å². The first-order chi connectivity index (χ1) is 17.1. The Morgan fingerprint density at radius 2 is 1.19 bits per heavy atom. The van der Waals surface area contributed by atoms with Crippen molar-refractivity contribution in [3.63, 3.8) is 0 Å². The number of unbranched alkanes of at least 4 members (excludes halogenated alkanes) is 3. The number of hydrogen-bond donors (Lipinski definition) is 1. The number of aryl methyl sites for hydroxylation is 2. The molecular formula is C27H40N2O5S2. The van der Waals surface area contributed by atoms with Crippen molar-refractivity contribution in [2.45, 2.75) is 87.1 Å². The molecule has 2 aromatic carbocycles. The smallest absolute Gasteiger partial charge is 0.243 e. The van der Waals surface area contributed by atoms with Gasteiger partial charge in [0.15, 0.2) is 0 Å². The predicted octanol–water partition coefficient (Wildman–Crippen LogP) is 4.48. The van der Waals surface area contributed by atoms with Crippen molar-refractivity contribution >= 4 is 20.0 Å². The summed E-state index contributed by atoms with van der Waals surface area (Å²) in [7, 11) is -6.04. The maximum Gasteiger partial charge on any atom is 0.243 e. The number of aliphatic hydroxyl groups is 1. The van der Waals surface area contributed by atoms with E-state index in [-0.39, 0.29) is 16.4 Å². The predicted molar refractivity (Wildman–Crippen MR) is 143 cm³/mol. The van der Waals surface area contributed by atoms with Crippen LogP contribution in [-0.2, 0) is 20.0 Å². The van der Waals surface area contributed by atoms with Gasteiger partial charge in [-0.05, 0) is 63.8 Å². The Kier molecular flexibility index (Phi) is 10.1. The fourth-order valence-electron chi connectivity index (χ4n) is 4.95. The van der Waals surface area contributed by atoms with Crippen LogP contribution in [0.3, 0.4) is 0 Å². The lowest BCUT2D eigenvalue weighted by Gasteiger charge is -2.42. The van der Waals surface area contributed by atoms with E-state index in [4.69, 9.17) is 5.11 Å². The van der Waals surface area contributed by atoms with Crippen molar-refractivity contribution in [2.24, 2.45) is 0 Å². The Labute approximate surface area is 217 Å². The quantitative estimate of drug-likeness (QED) is 0.404. The fourth-order valence-corrected chi connectivity index (χ4v) is 8.09. The highest BCUT2D eigenvalue weighted by Gasteiger charge is 2.42. The fraction of sp³-hybridized carbons (Fsp3) is 0.556. The van der Waals surface area contributed by atoms with E-state index in [2.05, 4.69) is 0 Å². The van der Waals surface area contributed by atoms with Crippen LogP contribution in [0.1, 0.15) is 62.5 Å². The first kappa shape index (κ1) is 28.8. The molecule has 36 heavy (non-hydrogen) atoms. The van der Waals surface area contributed by atoms with Gasteiger partial charge >= 0.3 is 0 Å². The average Bonchev–Trinajstić information content (AvgIpc) is 2.86. The third-order valence-corrected chi connectivity index (χ3v) is 11.0. The highest BCUT2D eigenvalue weighted by Crippen LogP contribution is 2.33. The second kappa shape index (κ2) is 12.6. The molecule has 0 amide bonds. The molecule has 0 aromatic heterocycles. The van der Waals surface area contributed by atoms with Gasteiger partial charge in [0.25, 0.3) is 0 Å². The van der Waals surface area contributed by atoms with Crippen LogP contribution in [0.25, 0.3) is 0 Å². The van der Waals surface area contributed by atoms with Gasteiger partial charge in [0, 0.05) is 32.3 Å². The van der Waals surface area contributed by atoms with Gasteiger partial charge in [0.2, 0.25) is 20.0 Å². The van der Waals surface area contributed by atoms with Crippen LogP contribution in [0.15, 0.2) is 58.3 Å². The van der Waals surface area contributed by atoms with Crippen LogP contribution < -0.4 is 0 Å². The Morgan fingerprint density at radius 1 is 0.722 bits per heavy atom. The van der Waals surface area contributed by atoms with Gasteiger partial charge < -0.3 is 5.11 Å². The van der Waals surface area contributed by atoms with Crippen molar-refractivity contribution in [2.75, 3.05) is 20.2 Å². The Hall–Kier alpha value is -1.78. The summed E-state index contributed by atoms with van der Waals surface area (Å²) in [6.07, 6.45) is 5.89. The Balaban J connectivity index is 1.95. The standard InChI is InChI=1S/C27H40N2O5S2/c1-22-12-16-24(17-13-22)35(31,32)28(3)26-10-6-7-11-27(26)29(20-8-4-5-9-21-30)36(33,34)25-18-14-23(2)15-19-25/h12-19,26-27,30H,4-11,20-21H2,1-3H3/t26-,27-/m1/s1. The van der Waals surface area contributed by atoms with Crippen LogP contribution in [0.5, 0.6) is 0 Å². The lowest BCUT2D eigenvalue weighted by Crippen LogP contribution is -2.55. The monoisotopic (exact) mass is 536 g/mol. The van der Waals surface area contributed by atoms with Gasteiger partial charge in [-0.25, -0.2) is 16.8 Å². The lowest BCUT2D eigenvalue weighted by molar-refractivity contribution is 0.156. The molecule has 3 rings (SSSR count). The van der Waals surface area contributed by atoms with Crippen LogP contribution in [0, 0.1) is 13.8 Å². The molecule has 2 aromatic rings. The number of likely N-dealkylation sites (N-methyl/N-ethyl adjacent to an activating group) is 1. The molecule has 0 saturated heterocycles. The third-order valence-electron chi connectivity index (χ3n) is 7.14. The molecule has 9 heteroatoms. The van der Waals surface area contributed by atoms with Crippen LogP contribution in [0.4, 0.5) is 0 Å². The summed E-state index contributed by atoms with van der Waals surface area (Å²) in [6, 6.07) is 12.7. The molecule has 0 unspecified atom stereocenters. The summed E-state index contributed by atoms with van der Waals surface area (Å²) >= 11 is 0. The van der Waals surface area contributed by atoms with E-state index < -0.39 is 32.1 Å². The van der Waals surface area contributed by atoms with Gasteiger partial charge in [0.05, 0.1) is 9.79 Å². The molecule has 0 heterocycles. The zero-order valence-corrected chi connectivity index (χ0v) is 23.3. The van der Waals surface area contributed by atoms with Gasteiger partial charge in [-0.1, -0.05) is 61.1 Å². The highest BCUT2D eigenvalue weighted by molar-refractivity contribution is 7.89. The maximum atomic E-state index is 13.9. The topological polar surface area (TPSA) is 95.0 Å². The number of aliphatic hydroxyl groups excluding tert-OH is 1. The zero-order chi connectivity index (χ0) is 26.3. The first-order valence-corrected chi connectivity index (χ1v) is 15.7. The molecule has 7 nitrogen and oxygen atoms in total. The van der Waals surface area contributed by atoms with Crippen molar-refractivity contribution in [3.05, 3.63) is 59.7 Å². The molecule has 2 atom stereocenters. The molecule has 0 aliphatic heterocycles. The highest BCUT2D eigenvalue weighted by atomic mass is 32.2. The minimum atomic E-state index is -3.83. The summed E-state index contributed by atoms with van der Waals surface area (Å²) in [5, 5.41) is 9.09. The average molecular weight is 537 g/mol. The second-order valence-electron chi connectivity index (χ2n) is 9.82. The van der Waals surface area contributed by atoms with E-state index in [0.29, 0.717) is 32.2 Å². The van der Waals surface area contributed by atoms with Gasteiger partial charge in [-0.3, -0.25) is 0 Å². The van der Waals surface area contributed by atoms with Crippen molar-refractivity contribution in [1.82, 2.24) is 8.61 Å². The summed E-state index contributed by atoms with van der Waals surface area (Å²) in [6.45, 7) is 4.27. The summed E-state index contributed by atoms with van der Waals surface area (Å²) in [5.41, 5.74) is 1.95.